The smallest absolute Gasteiger partial charge is 0.161 e. The van der Waals surface area contributed by atoms with Crippen LogP contribution >= 0.6 is 0 Å². The Bertz CT molecular complexity index is 820. The van der Waals surface area contributed by atoms with E-state index in [1.165, 1.54) is 11.1 Å². The van der Waals surface area contributed by atoms with E-state index in [0.29, 0.717) is 18.4 Å². The molecule has 2 heterocycles. The number of benzene rings is 2. The highest BCUT2D eigenvalue weighted by molar-refractivity contribution is 5.49. The summed E-state index contributed by atoms with van der Waals surface area (Å²) in [6, 6.07) is 14.8. The molecule has 3 atom stereocenters. The maximum absolute atomic E-state index is 10.8. The van der Waals surface area contributed by atoms with Gasteiger partial charge < -0.3 is 14.6 Å². The van der Waals surface area contributed by atoms with Gasteiger partial charge in [0.2, 0.25) is 0 Å². The predicted molar refractivity (Wildman–Crippen MR) is 115 cm³/mol. The van der Waals surface area contributed by atoms with E-state index in [2.05, 4.69) is 43.0 Å². The van der Waals surface area contributed by atoms with Crippen LogP contribution in [0, 0.1) is 11.8 Å². The molecule has 1 N–H and O–H groups in total. The number of fused-ring (bicyclic) bond motifs is 3. The molecule has 4 rings (SSSR count). The van der Waals surface area contributed by atoms with Crippen molar-refractivity contribution in [2.24, 2.45) is 11.8 Å². The lowest BCUT2D eigenvalue weighted by molar-refractivity contribution is -0.0191. The monoisotopic (exact) mass is 395 g/mol. The number of methoxy groups -OCH3 is 1. The highest BCUT2D eigenvalue weighted by Gasteiger charge is 2.38. The first-order chi connectivity index (χ1) is 14.0. The molecule has 4 nitrogen and oxygen atoms in total. The molecule has 0 radical (unpaired) electrons. The van der Waals surface area contributed by atoms with Crippen LogP contribution in [0.5, 0.6) is 11.5 Å². The lowest BCUT2D eigenvalue weighted by atomic mass is 9.79. The minimum absolute atomic E-state index is 0.232. The van der Waals surface area contributed by atoms with Crippen LogP contribution in [0.2, 0.25) is 0 Å². The van der Waals surface area contributed by atoms with E-state index in [-0.39, 0.29) is 12.1 Å². The van der Waals surface area contributed by atoms with Gasteiger partial charge in [-0.25, -0.2) is 0 Å². The van der Waals surface area contributed by atoms with Gasteiger partial charge in [0, 0.05) is 19.1 Å². The van der Waals surface area contributed by atoms with Crippen LogP contribution in [0.4, 0.5) is 0 Å². The van der Waals surface area contributed by atoms with E-state index in [4.69, 9.17) is 9.47 Å². The van der Waals surface area contributed by atoms with Crippen molar-refractivity contribution >= 4 is 0 Å². The zero-order valence-corrected chi connectivity index (χ0v) is 17.8. The van der Waals surface area contributed by atoms with E-state index in [1.54, 1.807) is 7.11 Å². The van der Waals surface area contributed by atoms with Crippen LogP contribution in [-0.4, -0.2) is 36.3 Å². The van der Waals surface area contributed by atoms with Crippen molar-refractivity contribution in [3.8, 4) is 11.5 Å². The van der Waals surface area contributed by atoms with Gasteiger partial charge in [-0.15, -0.1) is 0 Å². The summed E-state index contributed by atoms with van der Waals surface area (Å²) in [4.78, 5) is 2.56. The Morgan fingerprint density at radius 1 is 1.14 bits per heavy atom. The molecule has 0 aliphatic carbocycles. The van der Waals surface area contributed by atoms with Gasteiger partial charge in [-0.05, 0) is 59.9 Å². The molecule has 2 aromatic rings. The lowest BCUT2D eigenvalue weighted by Gasteiger charge is -2.46. The fourth-order valence-electron chi connectivity index (χ4n) is 4.94. The van der Waals surface area contributed by atoms with Crippen LogP contribution in [0.3, 0.4) is 0 Å². The van der Waals surface area contributed by atoms with Crippen LogP contribution in [-0.2, 0) is 13.0 Å². The van der Waals surface area contributed by atoms with Crippen molar-refractivity contribution < 1.29 is 14.6 Å². The molecule has 0 spiro atoms. The Morgan fingerprint density at radius 2 is 1.93 bits per heavy atom. The largest absolute Gasteiger partial charge is 0.493 e. The van der Waals surface area contributed by atoms with Gasteiger partial charge in [-0.1, -0.05) is 44.2 Å². The van der Waals surface area contributed by atoms with Crippen LogP contribution in [0.1, 0.15) is 49.4 Å². The van der Waals surface area contributed by atoms with Crippen LogP contribution in [0.25, 0.3) is 0 Å². The first-order valence-electron chi connectivity index (χ1n) is 10.8. The predicted octanol–water partition coefficient (Wildman–Crippen LogP) is 4.60. The molecule has 0 amide bonds. The topological polar surface area (TPSA) is 41.9 Å². The quantitative estimate of drug-likeness (QED) is 0.776. The van der Waals surface area contributed by atoms with Gasteiger partial charge in [-0.2, -0.15) is 0 Å². The summed E-state index contributed by atoms with van der Waals surface area (Å²) in [6.07, 6.45) is 2.68. The Balaban J connectivity index is 1.54. The maximum Gasteiger partial charge on any atom is 0.161 e. The van der Waals surface area contributed by atoms with E-state index in [0.717, 1.165) is 49.4 Å². The maximum atomic E-state index is 10.8. The Kier molecular flexibility index (Phi) is 6.12. The number of piperidine rings is 1. The highest BCUT2D eigenvalue weighted by Crippen LogP contribution is 2.43. The summed E-state index contributed by atoms with van der Waals surface area (Å²) in [6.45, 7) is 7.04. The summed E-state index contributed by atoms with van der Waals surface area (Å²) in [5.41, 5.74) is 3.76. The number of rotatable bonds is 6. The van der Waals surface area contributed by atoms with Crippen molar-refractivity contribution in [2.45, 2.75) is 51.9 Å². The summed E-state index contributed by atoms with van der Waals surface area (Å²) in [5, 5.41) is 10.8. The van der Waals surface area contributed by atoms with E-state index in [9.17, 15) is 5.11 Å². The number of aliphatic hydroxyl groups is 1. The summed E-state index contributed by atoms with van der Waals surface area (Å²) in [7, 11) is 1.70. The zero-order chi connectivity index (χ0) is 20.4. The summed E-state index contributed by atoms with van der Waals surface area (Å²) >= 11 is 0. The molecule has 2 aromatic carbocycles. The molecule has 4 heteroatoms. The molecule has 29 heavy (non-hydrogen) atoms. The van der Waals surface area contributed by atoms with Gasteiger partial charge in [0.05, 0.1) is 13.2 Å². The average Bonchev–Trinajstić information content (AvgIpc) is 2.72. The molecule has 0 saturated carbocycles. The summed E-state index contributed by atoms with van der Waals surface area (Å²) in [5.74, 6) is 2.58. The molecule has 2 aliphatic heterocycles. The SMILES string of the molecule is COc1cc2c(cc1OCc1ccccc1)CCN1C[C@H](CC(C)C)[C@@H](O)C[C@@H]21. The molecule has 156 valence electrons. The number of aliphatic hydroxyl groups excluding tert-OH is 1. The summed E-state index contributed by atoms with van der Waals surface area (Å²) < 4.78 is 11.8. The van der Waals surface area contributed by atoms with Gasteiger partial charge in [0.1, 0.15) is 6.61 Å². The second kappa shape index (κ2) is 8.76. The Morgan fingerprint density at radius 3 is 2.66 bits per heavy atom. The van der Waals surface area contributed by atoms with Gasteiger partial charge in [0.15, 0.2) is 11.5 Å². The van der Waals surface area contributed by atoms with Crippen LogP contribution < -0.4 is 9.47 Å². The van der Waals surface area contributed by atoms with E-state index in [1.807, 2.05) is 18.2 Å². The number of ether oxygens (including phenoxy) is 2. The van der Waals surface area contributed by atoms with Crippen molar-refractivity contribution in [2.75, 3.05) is 20.2 Å². The van der Waals surface area contributed by atoms with Crippen molar-refractivity contribution in [1.82, 2.24) is 4.90 Å². The molecule has 0 unspecified atom stereocenters. The van der Waals surface area contributed by atoms with Gasteiger partial charge >= 0.3 is 0 Å². The number of hydrogen-bond acceptors (Lipinski definition) is 4. The van der Waals surface area contributed by atoms with E-state index >= 15 is 0 Å². The highest BCUT2D eigenvalue weighted by atomic mass is 16.5. The minimum Gasteiger partial charge on any atom is -0.493 e. The molecule has 1 saturated heterocycles. The number of nitrogens with zero attached hydrogens (tertiary/aromatic N) is 1. The molecular formula is C25H33NO3. The second-order valence-electron chi connectivity index (χ2n) is 8.93. The first-order valence-corrected chi connectivity index (χ1v) is 10.8. The van der Waals surface area contributed by atoms with Gasteiger partial charge in [-0.3, -0.25) is 4.90 Å². The molecule has 0 bridgehead atoms. The third kappa shape index (κ3) is 4.44. The van der Waals surface area contributed by atoms with Crippen LogP contribution in [0.15, 0.2) is 42.5 Å². The lowest BCUT2D eigenvalue weighted by Crippen LogP contribution is -2.48. The van der Waals surface area contributed by atoms with Crippen molar-refractivity contribution in [3.63, 3.8) is 0 Å². The van der Waals surface area contributed by atoms with Crippen molar-refractivity contribution in [3.05, 3.63) is 59.2 Å². The third-order valence-corrected chi connectivity index (χ3v) is 6.38. The zero-order valence-electron chi connectivity index (χ0n) is 17.8. The average molecular weight is 396 g/mol. The van der Waals surface area contributed by atoms with Gasteiger partial charge in [0.25, 0.3) is 0 Å². The fourth-order valence-corrected chi connectivity index (χ4v) is 4.94. The fraction of sp³-hybridized carbons (Fsp3) is 0.520. The van der Waals surface area contributed by atoms with E-state index < -0.39 is 0 Å². The normalized spacial score (nSPS) is 24.1. The molecule has 2 aliphatic rings. The second-order valence-corrected chi connectivity index (χ2v) is 8.93. The van der Waals surface area contributed by atoms with Crippen molar-refractivity contribution in [1.29, 1.82) is 0 Å². The standard InChI is InChI=1S/C25H33NO3/c1-17(2)11-20-15-26-10-9-19-12-25(29-16-18-7-5-4-6-8-18)24(28-3)13-21(19)22(26)14-23(20)27/h4-8,12-13,17,20,22-23,27H,9-11,14-16H2,1-3H3/t20-,22-,23-/m0/s1. The molecular weight excluding hydrogens is 362 g/mol. The number of hydrogen-bond donors (Lipinski definition) is 1. The third-order valence-electron chi connectivity index (χ3n) is 6.38. The Hall–Kier alpha value is -2.04. The minimum atomic E-state index is -0.232. The first kappa shape index (κ1) is 20.2. The Labute approximate surface area is 174 Å². The molecule has 1 fully saturated rings. The molecule has 0 aromatic heterocycles.